The first-order chi connectivity index (χ1) is 7.43. The minimum atomic E-state index is 0.643. The molecule has 0 saturated heterocycles. The summed E-state index contributed by atoms with van der Waals surface area (Å²) in [4.78, 5) is 3.78. The van der Waals surface area contributed by atoms with Crippen molar-refractivity contribution in [1.29, 1.82) is 5.26 Å². The molecule has 0 atom stereocenters. The van der Waals surface area contributed by atoms with Gasteiger partial charge in [-0.1, -0.05) is 6.07 Å². The normalized spacial score (nSPS) is 15.7. The lowest BCUT2D eigenvalue weighted by Gasteiger charge is -1.78. The largest absolute Gasteiger partial charge is 0.330 e. The molecule has 0 spiro atoms. The average molecular weight is 220 g/mol. The lowest BCUT2D eigenvalue weighted by molar-refractivity contribution is 0.886. The maximum Gasteiger partial charge on any atom is 0.330 e. The van der Waals surface area contributed by atoms with Crippen molar-refractivity contribution >= 4 is 11.6 Å². The molecule has 4 heteroatoms. The molecule has 2 rings (SSSR count). The molecule has 0 unspecified atom stereocenters. The van der Waals surface area contributed by atoms with Crippen LogP contribution in [0.15, 0.2) is 35.0 Å². The van der Waals surface area contributed by atoms with E-state index in [9.17, 15) is 0 Å². The van der Waals surface area contributed by atoms with Crippen LogP contribution in [0.2, 0.25) is 0 Å². The SMILES string of the molecule is N#CN=[S+]C1CCCC1.c1ccncc1. The maximum atomic E-state index is 8.09. The van der Waals surface area contributed by atoms with E-state index in [1.165, 1.54) is 37.2 Å². The Morgan fingerprint density at radius 1 is 1.20 bits per heavy atom. The minimum absolute atomic E-state index is 0.643. The van der Waals surface area contributed by atoms with Gasteiger partial charge in [-0.05, 0) is 25.0 Å². The molecule has 1 saturated carbocycles. The van der Waals surface area contributed by atoms with E-state index in [4.69, 9.17) is 5.26 Å². The number of nitrogens with zero attached hydrogens (tertiary/aromatic N) is 3. The predicted molar refractivity (Wildman–Crippen MR) is 61.9 cm³/mol. The highest BCUT2D eigenvalue weighted by molar-refractivity contribution is 7.69. The van der Waals surface area contributed by atoms with Crippen LogP contribution in [0.25, 0.3) is 0 Å². The molecule has 0 aromatic carbocycles. The molecular weight excluding hydrogens is 206 g/mol. The highest BCUT2D eigenvalue weighted by Gasteiger charge is 2.24. The van der Waals surface area contributed by atoms with E-state index in [-0.39, 0.29) is 0 Å². The molecule has 0 aliphatic heterocycles. The molecule has 0 radical (unpaired) electrons. The average Bonchev–Trinajstić information content (AvgIpc) is 2.82. The Hall–Kier alpha value is -1.34. The zero-order valence-electron chi connectivity index (χ0n) is 8.54. The maximum absolute atomic E-state index is 8.09. The summed E-state index contributed by atoms with van der Waals surface area (Å²) in [6.07, 6.45) is 10.4. The van der Waals surface area contributed by atoms with Gasteiger partial charge < -0.3 is 0 Å². The molecule has 1 aliphatic carbocycles. The molecule has 3 nitrogen and oxygen atoms in total. The summed E-state index contributed by atoms with van der Waals surface area (Å²) < 4.78 is 3.58. The molecule has 1 aromatic heterocycles. The van der Waals surface area contributed by atoms with Gasteiger partial charge >= 0.3 is 11.6 Å². The monoisotopic (exact) mass is 220 g/mol. The van der Waals surface area contributed by atoms with E-state index in [1.54, 1.807) is 18.6 Å². The summed E-state index contributed by atoms with van der Waals surface area (Å²) in [5, 5.41) is 8.73. The van der Waals surface area contributed by atoms with Crippen molar-refractivity contribution in [2.75, 3.05) is 0 Å². The smallest absolute Gasteiger partial charge is 0.265 e. The summed E-state index contributed by atoms with van der Waals surface area (Å²) >= 11 is 1.45. The number of aromatic nitrogens is 1. The molecule has 1 heterocycles. The molecular formula is C11H14N3S+. The van der Waals surface area contributed by atoms with Crippen LogP contribution in [0.3, 0.4) is 0 Å². The summed E-state index contributed by atoms with van der Waals surface area (Å²) in [5.41, 5.74) is 0. The summed E-state index contributed by atoms with van der Waals surface area (Å²) in [6, 6.07) is 5.72. The second-order valence-corrected chi connectivity index (χ2v) is 4.29. The van der Waals surface area contributed by atoms with E-state index in [0.29, 0.717) is 5.25 Å². The van der Waals surface area contributed by atoms with Gasteiger partial charge in [-0.3, -0.25) is 4.98 Å². The van der Waals surface area contributed by atoms with Crippen LogP contribution < -0.4 is 0 Å². The van der Waals surface area contributed by atoms with Gasteiger partial charge in [-0.25, -0.2) is 0 Å². The molecule has 0 amide bonds. The highest BCUT2D eigenvalue weighted by atomic mass is 32.1. The molecule has 78 valence electrons. The van der Waals surface area contributed by atoms with E-state index in [2.05, 4.69) is 9.35 Å². The van der Waals surface area contributed by atoms with E-state index in [0.717, 1.165) is 0 Å². The van der Waals surface area contributed by atoms with E-state index < -0.39 is 0 Å². The van der Waals surface area contributed by atoms with Crippen LogP contribution in [0.5, 0.6) is 0 Å². The third kappa shape index (κ3) is 5.87. The molecule has 1 fully saturated rings. The minimum Gasteiger partial charge on any atom is -0.265 e. The van der Waals surface area contributed by atoms with Gasteiger partial charge in [-0.2, -0.15) is 5.26 Å². The lowest BCUT2D eigenvalue weighted by Crippen LogP contribution is -1.95. The Balaban J connectivity index is 0.000000162. The third-order valence-electron chi connectivity index (χ3n) is 2.11. The Morgan fingerprint density at radius 3 is 2.27 bits per heavy atom. The van der Waals surface area contributed by atoms with Gasteiger partial charge in [0.25, 0.3) is 6.19 Å². The first-order valence-corrected chi connectivity index (χ1v) is 5.87. The standard InChI is InChI=1S/C6H9N2S.C5H5N/c7-5-8-9-6-3-1-2-4-6;1-2-4-6-5-3-1/h6H,1-4H2;1-5H/q+1;. The second kappa shape index (κ2) is 8.01. The summed E-state index contributed by atoms with van der Waals surface area (Å²) in [7, 11) is 0. The predicted octanol–water partition coefficient (Wildman–Crippen LogP) is 2.76. The van der Waals surface area contributed by atoms with Crippen molar-refractivity contribution in [3.05, 3.63) is 30.6 Å². The first-order valence-electron chi connectivity index (χ1n) is 5.03. The molecule has 0 N–H and O–H groups in total. The quantitative estimate of drug-likeness (QED) is 0.539. The van der Waals surface area contributed by atoms with Crippen molar-refractivity contribution in [2.24, 2.45) is 4.36 Å². The first kappa shape index (κ1) is 11.7. The van der Waals surface area contributed by atoms with Crippen LogP contribution in [0, 0.1) is 11.5 Å². The summed E-state index contributed by atoms with van der Waals surface area (Å²) in [5.74, 6) is 0. The van der Waals surface area contributed by atoms with Crippen molar-refractivity contribution in [1.82, 2.24) is 4.98 Å². The van der Waals surface area contributed by atoms with Crippen LogP contribution >= 0.6 is 0 Å². The number of hydrogen-bond donors (Lipinski definition) is 0. The zero-order chi connectivity index (χ0) is 10.8. The number of hydrogen-bond acceptors (Lipinski definition) is 3. The van der Waals surface area contributed by atoms with Gasteiger partial charge in [0.1, 0.15) is 0 Å². The van der Waals surface area contributed by atoms with Crippen molar-refractivity contribution in [3.63, 3.8) is 0 Å². The van der Waals surface area contributed by atoms with Crippen LogP contribution in [0.4, 0.5) is 0 Å². The number of pyridine rings is 1. The fourth-order valence-corrected chi connectivity index (χ4v) is 2.14. The molecule has 1 aliphatic rings. The van der Waals surface area contributed by atoms with Crippen molar-refractivity contribution in [2.45, 2.75) is 30.9 Å². The Labute approximate surface area is 94.3 Å². The van der Waals surface area contributed by atoms with Crippen LogP contribution in [-0.4, -0.2) is 10.2 Å². The molecule has 1 aromatic rings. The van der Waals surface area contributed by atoms with Crippen LogP contribution in [0.1, 0.15) is 25.7 Å². The Morgan fingerprint density at radius 2 is 1.87 bits per heavy atom. The number of rotatable bonds is 1. The van der Waals surface area contributed by atoms with Gasteiger partial charge in [0.2, 0.25) is 5.25 Å². The zero-order valence-corrected chi connectivity index (χ0v) is 9.36. The van der Waals surface area contributed by atoms with Gasteiger partial charge in [0, 0.05) is 25.2 Å². The van der Waals surface area contributed by atoms with E-state index in [1.807, 2.05) is 18.2 Å². The van der Waals surface area contributed by atoms with Crippen LogP contribution in [-0.2, 0) is 11.6 Å². The Bertz CT molecular complexity index is 286. The molecule has 15 heavy (non-hydrogen) atoms. The van der Waals surface area contributed by atoms with E-state index >= 15 is 0 Å². The fraction of sp³-hybridized carbons (Fsp3) is 0.455. The van der Waals surface area contributed by atoms with Crippen molar-refractivity contribution in [3.8, 4) is 6.19 Å². The topological polar surface area (TPSA) is 49.0 Å². The van der Waals surface area contributed by atoms with Crippen molar-refractivity contribution < 1.29 is 0 Å². The molecule has 0 bridgehead atoms. The number of nitriles is 1. The second-order valence-electron chi connectivity index (χ2n) is 3.23. The fourth-order valence-electron chi connectivity index (χ4n) is 1.40. The Kier molecular flexibility index (Phi) is 6.26. The summed E-state index contributed by atoms with van der Waals surface area (Å²) in [6.45, 7) is 0. The van der Waals surface area contributed by atoms with Gasteiger partial charge in [0.15, 0.2) is 0 Å². The highest BCUT2D eigenvalue weighted by Crippen LogP contribution is 2.19. The lowest BCUT2D eigenvalue weighted by atomic mass is 10.4. The van der Waals surface area contributed by atoms with Gasteiger partial charge in [0.05, 0.1) is 4.36 Å². The van der Waals surface area contributed by atoms with Gasteiger partial charge in [-0.15, -0.1) is 0 Å². The third-order valence-corrected chi connectivity index (χ3v) is 3.07.